The topological polar surface area (TPSA) is 58.6 Å². The number of rotatable bonds is 6. The second kappa shape index (κ2) is 6.52. The van der Waals surface area contributed by atoms with E-state index < -0.39 is 11.6 Å². The molecule has 0 radical (unpaired) electrons. The van der Waals surface area contributed by atoms with E-state index in [0.717, 1.165) is 0 Å². The third-order valence-corrected chi connectivity index (χ3v) is 2.69. The van der Waals surface area contributed by atoms with Crippen molar-refractivity contribution in [1.29, 1.82) is 0 Å². The summed E-state index contributed by atoms with van der Waals surface area (Å²) in [5, 5.41) is 11.7. The maximum Gasteiger partial charge on any atom is 0.261 e. The molecular formula is C14H20FNO3. The molecule has 19 heavy (non-hydrogen) atoms. The van der Waals surface area contributed by atoms with Crippen LogP contribution in [0.1, 0.15) is 27.2 Å². The highest BCUT2D eigenvalue weighted by Gasteiger charge is 2.23. The minimum atomic E-state index is -0.691. The highest BCUT2D eigenvalue weighted by atomic mass is 19.1. The first-order chi connectivity index (χ1) is 8.84. The summed E-state index contributed by atoms with van der Waals surface area (Å²) in [4.78, 5) is 11.9. The van der Waals surface area contributed by atoms with Crippen LogP contribution in [-0.4, -0.2) is 29.3 Å². The molecule has 0 spiro atoms. The van der Waals surface area contributed by atoms with Gasteiger partial charge in [-0.3, -0.25) is 4.79 Å². The van der Waals surface area contributed by atoms with E-state index in [4.69, 9.17) is 9.84 Å². The van der Waals surface area contributed by atoms with E-state index in [-0.39, 0.29) is 18.3 Å². The normalized spacial score (nSPS) is 12.9. The molecule has 1 aromatic rings. The monoisotopic (exact) mass is 269 g/mol. The van der Waals surface area contributed by atoms with Gasteiger partial charge in [0, 0.05) is 12.1 Å². The Morgan fingerprint density at radius 3 is 2.53 bits per heavy atom. The number of carbonyl (C=O) groups is 1. The summed E-state index contributed by atoms with van der Waals surface area (Å²) in [7, 11) is 0. The molecule has 1 amide bonds. The molecule has 0 saturated carbocycles. The molecule has 5 heteroatoms. The molecular weight excluding hydrogens is 249 g/mol. The Hall–Kier alpha value is -1.62. The van der Waals surface area contributed by atoms with E-state index in [9.17, 15) is 9.18 Å². The lowest BCUT2D eigenvalue weighted by Gasteiger charge is -2.27. The number of hydrogen-bond acceptors (Lipinski definition) is 3. The number of amides is 1. The van der Waals surface area contributed by atoms with Gasteiger partial charge in [0.05, 0.1) is 0 Å². The fourth-order valence-corrected chi connectivity index (χ4v) is 1.55. The quantitative estimate of drug-likeness (QED) is 0.829. The van der Waals surface area contributed by atoms with Gasteiger partial charge in [0.25, 0.3) is 5.91 Å². The highest BCUT2D eigenvalue weighted by molar-refractivity contribution is 5.81. The summed E-state index contributed by atoms with van der Waals surface area (Å²) in [6, 6.07) is 5.49. The molecule has 0 aromatic heterocycles. The van der Waals surface area contributed by atoms with Crippen LogP contribution in [0.25, 0.3) is 0 Å². The fourth-order valence-electron chi connectivity index (χ4n) is 1.55. The predicted molar refractivity (Wildman–Crippen MR) is 70.4 cm³/mol. The van der Waals surface area contributed by atoms with Gasteiger partial charge < -0.3 is 15.2 Å². The molecule has 0 bridgehead atoms. The van der Waals surface area contributed by atoms with Gasteiger partial charge in [-0.1, -0.05) is 0 Å². The minimum Gasteiger partial charge on any atom is -0.481 e. The summed E-state index contributed by atoms with van der Waals surface area (Å²) in [6.45, 7) is 5.27. The first-order valence-electron chi connectivity index (χ1n) is 6.19. The van der Waals surface area contributed by atoms with Crippen LogP contribution in [0.2, 0.25) is 0 Å². The van der Waals surface area contributed by atoms with Gasteiger partial charge in [-0.25, -0.2) is 4.39 Å². The van der Waals surface area contributed by atoms with Gasteiger partial charge in [0.15, 0.2) is 6.10 Å². The van der Waals surface area contributed by atoms with Crippen molar-refractivity contribution in [2.24, 2.45) is 0 Å². The van der Waals surface area contributed by atoms with Gasteiger partial charge in [0.2, 0.25) is 0 Å². The summed E-state index contributed by atoms with van der Waals surface area (Å²) < 4.78 is 18.1. The number of ether oxygens (including phenoxy) is 1. The van der Waals surface area contributed by atoms with Gasteiger partial charge in [-0.05, 0) is 51.5 Å². The van der Waals surface area contributed by atoms with Crippen LogP contribution in [-0.2, 0) is 4.79 Å². The first-order valence-corrected chi connectivity index (χ1v) is 6.19. The summed E-state index contributed by atoms with van der Waals surface area (Å²) in [5.74, 6) is -0.194. The number of nitrogens with one attached hydrogen (secondary N) is 1. The van der Waals surface area contributed by atoms with Crippen LogP contribution in [0.15, 0.2) is 24.3 Å². The number of benzene rings is 1. The van der Waals surface area contributed by atoms with E-state index in [1.54, 1.807) is 6.92 Å². The first kappa shape index (κ1) is 15.4. The second-order valence-corrected chi connectivity index (χ2v) is 5.06. The lowest BCUT2D eigenvalue weighted by molar-refractivity contribution is -0.129. The molecule has 0 saturated heterocycles. The SMILES string of the molecule is CC(Oc1ccc(F)cc1)C(=O)NC(C)(C)CCO. The molecule has 1 rings (SSSR count). The van der Waals surface area contributed by atoms with E-state index in [0.29, 0.717) is 12.2 Å². The number of hydrogen-bond donors (Lipinski definition) is 2. The Morgan fingerprint density at radius 1 is 1.42 bits per heavy atom. The summed E-state index contributed by atoms with van der Waals surface area (Å²) >= 11 is 0. The maximum absolute atomic E-state index is 12.7. The molecule has 106 valence electrons. The molecule has 0 fully saturated rings. The Balaban J connectivity index is 2.55. The Morgan fingerprint density at radius 2 is 2.00 bits per heavy atom. The van der Waals surface area contributed by atoms with Crippen LogP contribution in [0.5, 0.6) is 5.75 Å². The summed E-state index contributed by atoms with van der Waals surface area (Å²) in [5.41, 5.74) is -0.494. The lowest BCUT2D eigenvalue weighted by Crippen LogP contribution is -2.49. The van der Waals surface area contributed by atoms with Crippen molar-refractivity contribution in [2.75, 3.05) is 6.61 Å². The van der Waals surface area contributed by atoms with Crippen LogP contribution in [0.3, 0.4) is 0 Å². The van der Waals surface area contributed by atoms with Crippen molar-refractivity contribution in [2.45, 2.75) is 38.8 Å². The number of aliphatic hydroxyl groups is 1. The molecule has 2 N–H and O–H groups in total. The molecule has 0 aliphatic carbocycles. The smallest absolute Gasteiger partial charge is 0.261 e. The van der Waals surface area contributed by atoms with Gasteiger partial charge in [0.1, 0.15) is 11.6 Å². The molecule has 0 heterocycles. The van der Waals surface area contributed by atoms with Crippen molar-refractivity contribution in [3.05, 3.63) is 30.1 Å². The summed E-state index contributed by atoms with van der Waals surface area (Å²) in [6.07, 6.45) is -0.231. The molecule has 1 unspecified atom stereocenters. The third-order valence-electron chi connectivity index (χ3n) is 2.69. The van der Waals surface area contributed by atoms with E-state index in [1.807, 2.05) is 13.8 Å². The molecule has 1 aromatic carbocycles. The van der Waals surface area contributed by atoms with Gasteiger partial charge >= 0.3 is 0 Å². The second-order valence-electron chi connectivity index (χ2n) is 5.06. The molecule has 0 aliphatic heterocycles. The zero-order valence-corrected chi connectivity index (χ0v) is 11.4. The zero-order chi connectivity index (χ0) is 14.5. The van der Waals surface area contributed by atoms with E-state index in [2.05, 4.69) is 5.32 Å². The van der Waals surface area contributed by atoms with Crippen LogP contribution < -0.4 is 10.1 Å². The maximum atomic E-state index is 12.7. The molecule has 1 atom stereocenters. The molecule has 4 nitrogen and oxygen atoms in total. The van der Waals surface area contributed by atoms with Crippen LogP contribution in [0.4, 0.5) is 4.39 Å². The zero-order valence-electron chi connectivity index (χ0n) is 11.4. The van der Waals surface area contributed by atoms with Crippen molar-refractivity contribution < 1.29 is 19.0 Å². The number of halogens is 1. The van der Waals surface area contributed by atoms with E-state index in [1.165, 1.54) is 24.3 Å². The molecule has 0 aliphatic rings. The fraction of sp³-hybridized carbons (Fsp3) is 0.500. The average Bonchev–Trinajstić information content (AvgIpc) is 2.31. The lowest BCUT2D eigenvalue weighted by atomic mass is 10.0. The predicted octanol–water partition coefficient (Wildman–Crippen LogP) is 1.87. The van der Waals surface area contributed by atoms with Crippen molar-refractivity contribution in [3.63, 3.8) is 0 Å². The van der Waals surface area contributed by atoms with Gasteiger partial charge in [-0.15, -0.1) is 0 Å². The average molecular weight is 269 g/mol. The Kier molecular flexibility index (Phi) is 5.30. The third kappa shape index (κ3) is 5.26. The van der Waals surface area contributed by atoms with E-state index >= 15 is 0 Å². The van der Waals surface area contributed by atoms with Crippen molar-refractivity contribution in [3.8, 4) is 5.75 Å². The Labute approximate surface area is 112 Å². The van der Waals surface area contributed by atoms with Crippen LogP contribution in [0, 0.1) is 5.82 Å². The van der Waals surface area contributed by atoms with Crippen molar-refractivity contribution >= 4 is 5.91 Å². The largest absolute Gasteiger partial charge is 0.481 e. The Bertz CT molecular complexity index is 417. The van der Waals surface area contributed by atoms with Gasteiger partial charge in [-0.2, -0.15) is 0 Å². The standard InChI is InChI=1S/C14H20FNO3/c1-10(13(18)16-14(2,3)8-9-17)19-12-6-4-11(15)5-7-12/h4-7,10,17H,8-9H2,1-3H3,(H,16,18). The minimum absolute atomic E-state index is 0.000476. The van der Waals surface area contributed by atoms with Crippen LogP contribution >= 0.6 is 0 Å². The number of aliphatic hydroxyl groups excluding tert-OH is 1. The highest BCUT2D eigenvalue weighted by Crippen LogP contribution is 2.14. The van der Waals surface area contributed by atoms with Crippen molar-refractivity contribution in [1.82, 2.24) is 5.32 Å². The number of carbonyl (C=O) groups excluding carboxylic acids is 1.